The number of rotatable bonds is 7. The van der Waals surface area contributed by atoms with Crippen LogP contribution in [0.1, 0.15) is 20.7 Å². The third-order valence-corrected chi connectivity index (χ3v) is 6.40. The van der Waals surface area contributed by atoms with E-state index in [9.17, 15) is 9.18 Å². The van der Waals surface area contributed by atoms with E-state index in [0.29, 0.717) is 5.41 Å². The van der Waals surface area contributed by atoms with Crippen LogP contribution in [-0.4, -0.2) is 47.2 Å². The van der Waals surface area contributed by atoms with Gasteiger partial charge in [-0.05, 0) is 55.8 Å². The number of H-pyrrole nitrogens is 1. The summed E-state index contributed by atoms with van der Waals surface area (Å²) in [6, 6.07) is 14.7. The summed E-state index contributed by atoms with van der Waals surface area (Å²) in [5, 5.41) is 0. The highest BCUT2D eigenvalue weighted by Gasteiger charge is 2.51. The van der Waals surface area contributed by atoms with Gasteiger partial charge >= 0.3 is 5.69 Å². The molecule has 1 aromatic heterocycles. The fourth-order valence-electron chi connectivity index (χ4n) is 4.97. The van der Waals surface area contributed by atoms with E-state index in [1.807, 2.05) is 41.0 Å². The van der Waals surface area contributed by atoms with Crippen molar-refractivity contribution in [3.05, 3.63) is 64.8 Å². The predicted octanol–water partition coefficient (Wildman–Crippen LogP) is 3.71. The smallest absolute Gasteiger partial charge is 0.326 e. The minimum Gasteiger partial charge on any atom is -0.370 e. The van der Waals surface area contributed by atoms with Crippen LogP contribution in [0.2, 0.25) is 0 Å². The second-order valence-electron chi connectivity index (χ2n) is 8.70. The van der Waals surface area contributed by atoms with Crippen molar-refractivity contribution >= 4 is 16.7 Å². The summed E-state index contributed by atoms with van der Waals surface area (Å²) in [6.45, 7) is 6.43. The molecule has 2 fully saturated rings. The molecular formula is C23H29FN4O. The maximum Gasteiger partial charge on any atom is 0.326 e. The number of para-hydroxylation sites is 2. The molecule has 0 radical (unpaired) electrons. The molecule has 1 N–H and O–H groups in total. The van der Waals surface area contributed by atoms with Gasteiger partial charge in [0.15, 0.2) is 0 Å². The lowest BCUT2D eigenvalue weighted by Crippen LogP contribution is -2.72. The number of aromatic amines is 1. The molecule has 6 heteroatoms. The summed E-state index contributed by atoms with van der Waals surface area (Å²) in [7, 11) is 0. The van der Waals surface area contributed by atoms with Gasteiger partial charge in [-0.25, -0.2) is 9.18 Å². The Labute approximate surface area is 171 Å². The van der Waals surface area contributed by atoms with Crippen LogP contribution in [0.4, 0.5) is 10.1 Å². The molecule has 0 unspecified atom stereocenters. The van der Waals surface area contributed by atoms with E-state index in [1.54, 1.807) is 0 Å². The molecule has 2 aromatic carbocycles. The summed E-state index contributed by atoms with van der Waals surface area (Å²) >= 11 is 0. The molecular weight excluding hydrogens is 367 g/mol. The molecule has 3 heterocycles. The highest BCUT2D eigenvalue weighted by atomic mass is 19.1. The number of nitrogens with one attached hydrogen (secondary N) is 1. The number of likely N-dealkylation sites (tertiary alicyclic amines) is 1. The van der Waals surface area contributed by atoms with Crippen molar-refractivity contribution in [1.82, 2.24) is 14.5 Å². The zero-order chi connectivity index (χ0) is 19.8. The summed E-state index contributed by atoms with van der Waals surface area (Å²) in [4.78, 5) is 19.9. The van der Waals surface area contributed by atoms with Crippen molar-refractivity contribution in [1.29, 1.82) is 0 Å². The number of imidazole rings is 1. The van der Waals surface area contributed by atoms with Crippen LogP contribution in [0, 0.1) is 11.2 Å². The normalized spacial score (nSPS) is 18.2. The standard InChI is InChI=1S/C23H27FN4O.H2/c24-18-8-10-19(11-9-18)27-16-23(17-27)14-26(15-23)12-4-1-5-13-28-21-7-3-2-6-20(21)25-22(28)29;/h2-3,6-11H,1,4-5,12-17H2,(H,25,29);1H. The van der Waals surface area contributed by atoms with Gasteiger partial charge in [0, 0.05) is 45.3 Å². The Balaban J connectivity index is 0.00000218. The molecule has 2 aliphatic heterocycles. The molecule has 29 heavy (non-hydrogen) atoms. The van der Waals surface area contributed by atoms with Crippen molar-refractivity contribution in [2.75, 3.05) is 37.6 Å². The second kappa shape index (κ2) is 7.34. The van der Waals surface area contributed by atoms with Crippen molar-refractivity contribution in [3.8, 4) is 0 Å². The van der Waals surface area contributed by atoms with Gasteiger partial charge in [-0.3, -0.25) is 4.57 Å². The molecule has 3 aromatic rings. The van der Waals surface area contributed by atoms with E-state index >= 15 is 0 Å². The fraction of sp³-hybridized carbons (Fsp3) is 0.435. The Kier molecular flexibility index (Phi) is 4.66. The average molecular weight is 397 g/mol. The van der Waals surface area contributed by atoms with Gasteiger partial charge in [0.25, 0.3) is 0 Å². The number of fused-ring (bicyclic) bond motifs is 1. The molecule has 154 valence electrons. The number of halogens is 1. The van der Waals surface area contributed by atoms with E-state index in [-0.39, 0.29) is 12.9 Å². The molecule has 2 saturated heterocycles. The van der Waals surface area contributed by atoms with Crippen LogP contribution in [-0.2, 0) is 6.54 Å². The van der Waals surface area contributed by atoms with Crippen molar-refractivity contribution in [3.63, 3.8) is 0 Å². The highest BCUT2D eigenvalue weighted by molar-refractivity contribution is 5.74. The van der Waals surface area contributed by atoms with Crippen molar-refractivity contribution < 1.29 is 5.82 Å². The topological polar surface area (TPSA) is 44.3 Å². The second-order valence-corrected chi connectivity index (χ2v) is 8.70. The van der Waals surface area contributed by atoms with Crippen LogP contribution in [0.15, 0.2) is 53.3 Å². The summed E-state index contributed by atoms with van der Waals surface area (Å²) in [6.07, 6.45) is 3.34. The number of nitrogens with zero attached hydrogens (tertiary/aromatic N) is 3. The first-order valence-corrected chi connectivity index (χ1v) is 10.5. The molecule has 1 spiro atoms. The molecule has 0 bridgehead atoms. The summed E-state index contributed by atoms with van der Waals surface area (Å²) in [5.74, 6) is -0.173. The first kappa shape index (κ1) is 18.4. The Morgan fingerprint density at radius 1 is 0.931 bits per heavy atom. The van der Waals surface area contributed by atoms with Gasteiger partial charge < -0.3 is 14.8 Å². The van der Waals surface area contributed by atoms with Crippen molar-refractivity contribution in [2.45, 2.75) is 25.8 Å². The maximum absolute atomic E-state index is 13.1. The molecule has 2 aliphatic rings. The van der Waals surface area contributed by atoms with E-state index in [4.69, 9.17) is 0 Å². The molecule has 0 aliphatic carbocycles. The molecule has 0 saturated carbocycles. The third-order valence-electron chi connectivity index (χ3n) is 6.40. The molecule has 5 nitrogen and oxygen atoms in total. The Morgan fingerprint density at radius 2 is 1.66 bits per heavy atom. The Bertz CT molecular complexity index is 1050. The first-order chi connectivity index (χ1) is 14.1. The SMILES string of the molecule is O=c1[nH]c2ccccc2n1CCCCCN1CC2(C1)CN(c1ccc(F)cc1)C2.[HH]. The fourth-order valence-corrected chi connectivity index (χ4v) is 4.97. The number of hydrogen-bond donors (Lipinski definition) is 1. The number of aromatic nitrogens is 2. The summed E-state index contributed by atoms with van der Waals surface area (Å²) in [5.41, 5.74) is 3.48. The monoisotopic (exact) mass is 396 g/mol. The Hall–Kier alpha value is -2.60. The lowest BCUT2D eigenvalue weighted by molar-refractivity contribution is -0.0223. The lowest BCUT2D eigenvalue weighted by atomic mass is 9.72. The van der Waals surface area contributed by atoms with E-state index < -0.39 is 0 Å². The van der Waals surface area contributed by atoms with Gasteiger partial charge in [0.2, 0.25) is 0 Å². The van der Waals surface area contributed by atoms with Gasteiger partial charge in [-0.2, -0.15) is 0 Å². The molecule has 0 amide bonds. The number of anilines is 1. The largest absolute Gasteiger partial charge is 0.370 e. The Morgan fingerprint density at radius 3 is 2.45 bits per heavy atom. The number of aryl methyl sites for hydroxylation is 1. The molecule has 5 rings (SSSR count). The number of unbranched alkanes of at least 4 members (excludes halogenated alkanes) is 2. The van der Waals surface area contributed by atoms with Gasteiger partial charge in [-0.15, -0.1) is 0 Å². The van der Waals surface area contributed by atoms with Crippen LogP contribution < -0.4 is 10.6 Å². The first-order valence-electron chi connectivity index (χ1n) is 10.5. The third kappa shape index (κ3) is 3.57. The van der Waals surface area contributed by atoms with Crippen LogP contribution >= 0.6 is 0 Å². The predicted molar refractivity (Wildman–Crippen MR) is 116 cm³/mol. The zero-order valence-corrected chi connectivity index (χ0v) is 16.6. The summed E-state index contributed by atoms with van der Waals surface area (Å²) < 4.78 is 14.9. The van der Waals surface area contributed by atoms with Crippen molar-refractivity contribution in [2.24, 2.45) is 5.41 Å². The van der Waals surface area contributed by atoms with Gasteiger partial charge in [-0.1, -0.05) is 18.6 Å². The highest BCUT2D eigenvalue weighted by Crippen LogP contribution is 2.41. The minimum absolute atomic E-state index is 0. The lowest BCUT2D eigenvalue weighted by Gasteiger charge is -2.61. The van der Waals surface area contributed by atoms with Crippen LogP contribution in [0.5, 0.6) is 0 Å². The quantitative estimate of drug-likeness (QED) is 0.619. The van der Waals surface area contributed by atoms with E-state index in [0.717, 1.165) is 55.7 Å². The van der Waals surface area contributed by atoms with Gasteiger partial charge in [0.1, 0.15) is 5.82 Å². The minimum atomic E-state index is -0.173. The van der Waals surface area contributed by atoms with Crippen LogP contribution in [0.3, 0.4) is 0 Å². The number of hydrogen-bond acceptors (Lipinski definition) is 3. The average Bonchev–Trinajstić information content (AvgIpc) is 2.98. The van der Waals surface area contributed by atoms with E-state index in [2.05, 4.69) is 14.8 Å². The van der Waals surface area contributed by atoms with E-state index in [1.165, 1.54) is 31.6 Å². The zero-order valence-electron chi connectivity index (χ0n) is 16.6. The van der Waals surface area contributed by atoms with Gasteiger partial charge in [0.05, 0.1) is 11.0 Å². The maximum atomic E-state index is 13.1. The van der Waals surface area contributed by atoms with Crippen LogP contribution in [0.25, 0.3) is 11.0 Å². The number of benzene rings is 2. The molecule has 0 atom stereocenters.